The molecule has 1 saturated heterocycles. The van der Waals surface area contributed by atoms with Crippen molar-refractivity contribution in [3.8, 4) is 0 Å². The summed E-state index contributed by atoms with van der Waals surface area (Å²) < 4.78 is 0. The molecule has 1 fully saturated rings. The van der Waals surface area contributed by atoms with E-state index in [0.717, 1.165) is 39.3 Å². The van der Waals surface area contributed by atoms with Crippen LogP contribution < -0.4 is 5.73 Å². The highest BCUT2D eigenvalue weighted by molar-refractivity contribution is 5.17. The van der Waals surface area contributed by atoms with Gasteiger partial charge in [0.25, 0.3) is 0 Å². The summed E-state index contributed by atoms with van der Waals surface area (Å²) in [6.07, 6.45) is 1.88. The summed E-state index contributed by atoms with van der Waals surface area (Å²) in [6, 6.07) is 4.64. The van der Waals surface area contributed by atoms with Crippen molar-refractivity contribution < 1.29 is 0 Å². The molecule has 1 atom stereocenters. The van der Waals surface area contributed by atoms with Crippen LogP contribution in [0.4, 0.5) is 0 Å². The number of hydrogen-bond acceptors (Lipinski definition) is 4. The minimum absolute atomic E-state index is 0.503. The lowest BCUT2D eigenvalue weighted by Crippen LogP contribution is -2.51. The van der Waals surface area contributed by atoms with Gasteiger partial charge in [0.1, 0.15) is 0 Å². The predicted molar refractivity (Wildman–Crippen MR) is 74.3 cm³/mol. The molecular formula is C14H24N4. The van der Waals surface area contributed by atoms with Crippen molar-refractivity contribution in [1.29, 1.82) is 0 Å². The minimum Gasteiger partial charge on any atom is -0.329 e. The molecule has 1 aromatic rings. The quantitative estimate of drug-likeness (QED) is 0.858. The highest BCUT2D eigenvalue weighted by atomic mass is 15.3. The third-order valence-electron chi connectivity index (χ3n) is 3.86. The Kier molecular flexibility index (Phi) is 4.69. The van der Waals surface area contributed by atoms with Gasteiger partial charge in [0, 0.05) is 51.5 Å². The van der Waals surface area contributed by atoms with Gasteiger partial charge in [-0.2, -0.15) is 0 Å². The number of hydrogen-bond donors (Lipinski definition) is 1. The van der Waals surface area contributed by atoms with Crippen molar-refractivity contribution in [2.24, 2.45) is 5.73 Å². The molecule has 0 spiro atoms. The Morgan fingerprint density at radius 3 is 2.67 bits per heavy atom. The molecular weight excluding hydrogens is 224 g/mol. The van der Waals surface area contributed by atoms with Crippen molar-refractivity contribution in [3.63, 3.8) is 0 Å². The largest absolute Gasteiger partial charge is 0.329 e. The van der Waals surface area contributed by atoms with E-state index in [9.17, 15) is 0 Å². The molecule has 2 heterocycles. The Morgan fingerprint density at radius 1 is 1.33 bits per heavy atom. The van der Waals surface area contributed by atoms with Crippen LogP contribution in [-0.2, 0) is 6.54 Å². The van der Waals surface area contributed by atoms with Crippen molar-refractivity contribution in [2.45, 2.75) is 26.4 Å². The van der Waals surface area contributed by atoms with Gasteiger partial charge in [-0.1, -0.05) is 6.07 Å². The molecule has 0 radical (unpaired) electrons. The van der Waals surface area contributed by atoms with Crippen molar-refractivity contribution in [3.05, 3.63) is 29.6 Å². The molecule has 1 aromatic heterocycles. The van der Waals surface area contributed by atoms with Crippen LogP contribution in [0.25, 0.3) is 0 Å². The van der Waals surface area contributed by atoms with Gasteiger partial charge in [-0.05, 0) is 25.5 Å². The van der Waals surface area contributed by atoms with Gasteiger partial charge in [0.05, 0.1) is 5.69 Å². The van der Waals surface area contributed by atoms with Crippen molar-refractivity contribution >= 4 is 0 Å². The number of nitrogens with zero attached hydrogens (tertiary/aromatic N) is 3. The highest BCUT2D eigenvalue weighted by Gasteiger charge is 2.20. The summed E-state index contributed by atoms with van der Waals surface area (Å²) in [6.45, 7) is 10.5. The molecule has 2 N–H and O–H groups in total. The van der Waals surface area contributed by atoms with E-state index in [-0.39, 0.29) is 0 Å². The Balaban J connectivity index is 1.86. The fourth-order valence-electron chi connectivity index (χ4n) is 2.41. The van der Waals surface area contributed by atoms with E-state index in [2.05, 4.69) is 34.7 Å². The van der Waals surface area contributed by atoms with E-state index >= 15 is 0 Å². The molecule has 0 aliphatic carbocycles. The standard InChI is InChI=1S/C14H24N4/c1-12-4-3-5-16-14(12)11-17-6-8-18(9-7-17)13(2)10-15/h3-5,13H,6-11,15H2,1-2H3. The average molecular weight is 248 g/mol. The molecule has 0 saturated carbocycles. The van der Waals surface area contributed by atoms with Crippen LogP contribution in [0, 0.1) is 6.92 Å². The van der Waals surface area contributed by atoms with Crippen LogP contribution >= 0.6 is 0 Å². The number of aryl methyl sites for hydroxylation is 1. The molecule has 4 heteroatoms. The first kappa shape index (κ1) is 13.5. The number of pyridine rings is 1. The minimum atomic E-state index is 0.503. The number of piperazine rings is 1. The predicted octanol–water partition coefficient (Wildman–Crippen LogP) is 0.855. The van der Waals surface area contributed by atoms with Gasteiger partial charge < -0.3 is 5.73 Å². The van der Waals surface area contributed by atoms with Crippen LogP contribution in [0.3, 0.4) is 0 Å². The zero-order chi connectivity index (χ0) is 13.0. The summed E-state index contributed by atoms with van der Waals surface area (Å²) in [5.41, 5.74) is 8.21. The third-order valence-corrected chi connectivity index (χ3v) is 3.86. The molecule has 0 aromatic carbocycles. The first-order chi connectivity index (χ1) is 8.70. The van der Waals surface area contributed by atoms with Gasteiger partial charge in [-0.15, -0.1) is 0 Å². The first-order valence-corrected chi connectivity index (χ1v) is 6.77. The fraction of sp³-hybridized carbons (Fsp3) is 0.643. The van der Waals surface area contributed by atoms with E-state index in [1.165, 1.54) is 11.3 Å². The lowest BCUT2D eigenvalue weighted by Gasteiger charge is -2.37. The van der Waals surface area contributed by atoms with Crippen LogP contribution in [-0.4, -0.2) is 53.5 Å². The Morgan fingerprint density at radius 2 is 2.06 bits per heavy atom. The summed E-state index contributed by atoms with van der Waals surface area (Å²) in [5.74, 6) is 0. The molecule has 1 aliphatic rings. The van der Waals surface area contributed by atoms with Gasteiger partial charge >= 0.3 is 0 Å². The highest BCUT2D eigenvalue weighted by Crippen LogP contribution is 2.11. The lowest BCUT2D eigenvalue weighted by atomic mass is 10.2. The first-order valence-electron chi connectivity index (χ1n) is 6.77. The molecule has 1 unspecified atom stereocenters. The van der Waals surface area contributed by atoms with E-state index in [1.54, 1.807) is 0 Å². The summed E-state index contributed by atoms with van der Waals surface area (Å²) in [7, 11) is 0. The van der Waals surface area contributed by atoms with E-state index in [4.69, 9.17) is 5.73 Å². The second kappa shape index (κ2) is 6.27. The molecule has 0 amide bonds. The third kappa shape index (κ3) is 3.28. The van der Waals surface area contributed by atoms with Crippen LogP contribution in [0.2, 0.25) is 0 Å². The van der Waals surface area contributed by atoms with Crippen molar-refractivity contribution in [1.82, 2.24) is 14.8 Å². The molecule has 4 nitrogen and oxygen atoms in total. The molecule has 0 bridgehead atoms. The zero-order valence-corrected chi connectivity index (χ0v) is 11.5. The summed E-state index contributed by atoms with van der Waals surface area (Å²) in [4.78, 5) is 9.42. The van der Waals surface area contributed by atoms with Gasteiger partial charge in [-0.25, -0.2) is 0 Å². The van der Waals surface area contributed by atoms with Gasteiger partial charge in [-0.3, -0.25) is 14.8 Å². The topological polar surface area (TPSA) is 45.4 Å². The van der Waals surface area contributed by atoms with Crippen LogP contribution in [0.1, 0.15) is 18.2 Å². The monoisotopic (exact) mass is 248 g/mol. The number of aromatic nitrogens is 1. The van der Waals surface area contributed by atoms with E-state index in [1.807, 2.05) is 12.3 Å². The molecule has 1 aliphatic heterocycles. The van der Waals surface area contributed by atoms with Crippen LogP contribution in [0.5, 0.6) is 0 Å². The van der Waals surface area contributed by atoms with Crippen LogP contribution in [0.15, 0.2) is 18.3 Å². The van der Waals surface area contributed by atoms with E-state index in [0.29, 0.717) is 6.04 Å². The molecule has 2 rings (SSSR count). The number of nitrogens with two attached hydrogens (primary N) is 1. The lowest BCUT2D eigenvalue weighted by molar-refractivity contribution is 0.0995. The maximum atomic E-state index is 5.72. The fourth-order valence-corrected chi connectivity index (χ4v) is 2.41. The van der Waals surface area contributed by atoms with Crippen molar-refractivity contribution in [2.75, 3.05) is 32.7 Å². The Labute approximate surface area is 110 Å². The summed E-state index contributed by atoms with van der Waals surface area (Å²) >= 11 is 0. The average Bonchev–Trinajstić information content (AvgIpc) is 2.41. The second-order valence-electron chi connectivity index (χ2n) is 5.16. The zero-order valence-electron chi connectivity index (χ0n) is 11.5. The summed E-state index contributed by atoms with van der Waals surface area (Å²) in [5, 5.41) is 0. The normalized spacial score (nSPS) is 19.9. The Bertz CT molecular complexity index is 372. The maximum Gasteiger partial charge on any atom is 0.0573 e. The SMILES string of the molecule is Cc1cccnc1CN1CCN(C(C)CN)CC1. The molecule has 18 heavy (non-hydrogen) atoms. The van der Waals surface area contributed by atoms with E-state index < -0.39 is 0 Å². The number of rotatable bonds is 4. The second-order valence-corrected chi connectivity index (χ2v) is 5.16. The van der Waals surface area contributed by atoms with Gasteiger partial charge in [0.2, 0.25) is 0 Å². The maximum absolute atomic E-state index is 5.72. The molecule has 100 valence electrons. The van der Waals surface area contributed by atoms with Gasteiger partial charge in [0.15, 0.2) is 0 Å². The smallest absolute Gasteiger partial charge is 0.0573 e. The Hall–Kier alpha value is -0.970.